The van der Waals surface area contributed by atoms with Crippen molar-refractivity contribution in [3.05, 3.63) is 53.4 Å². The highest BCUT2D eigenvalue weighted by Crippen LogP contribution is 2.33. The molecule has 1 amide bonds. The minimum absolute atomic E-state index is 0.0117. The summed E-state index contributed by atoms with van der Waals surface area (Å²) in [5.74, 6) is -0.346. The van der Waals surface area contributed by atoms with Crippen LogP contribution in [0, 0.1) is 6.92 Å². The second kappa shape index (κ2) is 7.52. The fourth-order valence-electron chi connectivity index (χ4n) is 2.70. The predicted molar refractivity (Wildman–Crippen MR) is 101 cm³/mol. The SMILES string of the molecule is Cc1oc(-c2[nH]ncc2C(=O)N(C)C)cc1S(=O)(=O)Nc1cccc(C(F)(F)F)c1. The van der Waals surface area contributed by atoms with Crippen molar-refractivity contribution in [1.82, 2.24) is 15.1 Å². The predicted octanol–water partition coefficient (Wildman–Crippen LogP) is 3.50. The number of sulfonamides is 1. The summed E-state index contributed by atoms with van der Waals surface area (Å²) < 4.78 is 71.7. The highest BCUT2D eigenvalue weighted by atomic mass is 32.2. The van der Waals surface area contributed by atoms with E-state index in [1.165, 1.54) is 30.2 Å². The van der Waals surface area contributed by atoms with Crippen LogP contribution in [0.15, 0.2) is 45.8 Å². The van der Waals surface area contributed by atoms with Crippen molar-refractivity contribution < 1.29 is 30.8 Å². The van der Waals surface area contributed by atoms with E-state index in [2.05, 4.69) is 14.9 Å². The number of furan rings is 1. The molecule has 8 nitrogen and oxygen atoms in total. The molecule has 12 heteroatoms. The highest BCUT2D eigenvalue weighted by Gasteiger charge is 2.31. The molecule has 160 valence electrons. The van der Waals surface area contributed by atoms with Gasteiger partial charge in [0.2, 0.25) is 0 Å². The van der Waals surface area contributed by atoms with Crippen LogP contribution in [0.5, 0.6) is 0 Å². The van der Waals surface area contributed by atoms with Gasteiger partial charge >= 0.3 is 6.18 Å². The maximum Gasteiger partial charge on any atom is 0.416 e. The lowest BCUT2D eigenvalue weighted by Crippen LogP contribution is -2.21. The summed E-state index contributed by atoms with van der Waals surface area (Å²) in [5, 5.41) is 6.39. The van der Waals surface area contributed by atoms with Gasteiger partial charge in [-0.25, -0.2) is 8.42 Å². The number of hydrogen-bond acceptors (Lipinski definition) is 5. The highest BCUT2D eigenvalue weighted by molar-refractivity contribution is 7.92. The molecule has 0 saturated carbocycles. The first-order valence-electron chi connectivity index (χ1n) is 8.46. The number of alkyl halides is 3. The monoisotopic (exact) mass is 442 g/mol. The Kier molecular flexibility index (Phi) is 5.37. The summed E-state index contributed by atoms with van der Waals surface area (Å²) in [6, 6.07) is 4.99. The van der Waals surface area contributed by atoms with Crippen LogP contribution in [-0.4, -0.2) is 43.5 Å². The number of nitrogens with one attached hydrogen (secondary N) is 2. The molecule has 0 bridgehead atoms. The van der Waals surface area contributed by atoms with Gasteiger partial charge in [-0.05, 0) is 25.1 Å². The number of H-pyrrole nitrogens is 1. The summed E-state index contributed by atoms with van der Waals surface area (Å²) in [4.78, 5) is 13.3. The third-order valence-electron chi connectivity index (χ3n) is 4.13. The van der Waals surface area contributed by atoms with Gasteiger partial charge in [0, 0.05) is 25.8 Å². The molecule has 1 aromatic carbocycles. The lowest BCUT2D eigenvalue weighted by Gasteiger charge is -2.10. The molecular weight excluding hydrogens is 425 g/mol. The minimum Gasteiger partial charge on any atom is -0.458 e. The number of amides is 1. The van der Waals surface area contributed by atoms with E-state index < -0.39 is 21.8 Å². The molecule has 2 heterocycles. The summed E-state index contributed by atoms with van der Waals surface area (Å²) in [6.45, 7) is 1.38. The zero-order valence-corrected chi connectivity index (χ0v) is 16.9. The van der Waals surface area contributed by atoms with Crippen molar-refractivity contribution in [3.63, 3.8) is 0 Å². The molecule has 2 N–H and O–H groups in total. The number of halogens is 3. The summed E-state index contributed by atoms with van der Waals surface area (Å²) in [7, 11) is -1.18. The average molecular weight is 442 g/mol. The second-order valence-corrected chi connectivity index (χ2v) is 8.22. The maximum atomic E-state index is 12.9. The zero-order valence-electron chi connectivity index (χ0n) is 16.0. The number of hydrogen-bond donors (Lipinski definition) is 2. The van der Waals surface area contributed by atoms with E-state index in [0.717, 1.165) is 12.1 Å². The number of anilines is 1. The van der Waals surface area contributed by atoms with E-state index >= 15 is 0 Å². The van der Waals surface area contributed by atoms with Gasteiger partial charge in [0.05, 0.1) is 17.3 Å². The Morgan fingerprint density at radius 2 is 1.93 bits per heavy atom. The average Bonchev–Trinajstić information content (AvgIpc) is 3.26. The van der Waals surface area contributed by atoms with Gasteiger partial charge in [-0.3, -0.25) is 14.6 Å². The molecule has 0 aliphatic rings. The topological polar surface area (TPSA) is 108 Å². The third kappa shape index (κ3) is 4.17. The van der Waals surface area contributed by atoms with Crippen LogP contribution < -0.4 is 4.72 Å². The van der Waals surface area contributed by atoms with Crippen LogP contribution in [-0.2, 0) is 16.2 Å². The van der Waals surface area contributed by atoms with Crippen LogP contribution >= 0.6 is 0 Å². The van der Waals surface area contributed by atoms with E-state index in [1.807, 2.05) is 0 Å². The maximum absolute atomic E-state index is 12.9. The molecule has 0 spiro atoms. The van der Waals surface area contributed by atoms with E-state index in [9.17, 15) is 26.4 Å². The van der Waals surface area contributed by atoms with Crippen molar-refractivity contribution in [2.24, 2.45) is 0 Å². The van der Waals surface area contributed by atoms with Crippen LogP contribution in [0.4, 0.5) is 18.9 Å². The van der Waals surface area contributed by atoms with Crippen LogP contribution in [0.1, 0.15) is 21.7 Å². The molecule has 30 heavy (non-hydrogen) atoms. The van der Waals surface area contributed by atoms with E-state index in [1.54, 1.807) is 14.1 Å². The third-order valence-corrected chi connectivity index (χ3v) is 5.61. The van der Waals surface area contributed by atoms with Gasteiger partial charge in [-0.1, -0.05) is 6.07 Å². The van der Waals surface area contributed by atoms with Gasteiger partial charge in [0.1, 0.15) is 16.3 Å². The Hall–Kier alpha value is -3.28. The minimum atomic E-state index is -4.61. The zero-order chi connectivity index (χ0) is 22.3. The van der Waals surface area contributed by atoms with Crippen molar-refractivity contribution >= 4 is 21.6 Å². The van der Waals surface area contributed by atoms with Crippen molar-refractivity contribution in [3.8, 4) is 11.5 Å². The van der Waals surface area contributed by atoms with Gasteiger partial charge < -0.3 is 9.32 Å². The number of benzene rings is 1. The van der Waals surface area contributed by atoms with Crippen LogP contribution in [0.2, 0.25) is 0 Å². The molecule has 3 rings (SSSR count). The summed E-state index contributed by atoms with van der Waals surface area (Å²) in [6.07, 6.45) is -3.33. The lowest BCUT2D eigenvalue weighted by molar-refractivity contribution is -0.137. The molecule has 0 aliphatic carbocycles. The molecule has 0 fully saturated rings. The molecule has 0 unspecified atom stereocenters. The first-order chi connectivity index (χ1) is 13.9. The Morgan fingerprint density at radius 1 is 1.23 bits per heavy atom. The number of nitrogens with zero attached hydrogens (tertiary/aromatic N) is 2. The lowest BCUT2D eigenvalue weighted by atomic mass is 10.2. The Bertz CT molecular complexity index is 1200. The van der Waals surface area contributed by atoms with Crippen molar-refractivity contribution in [2.45, 2.75) is 18.0 Å². The standard InChI is InChI=1S/C18H17F3N4O4S/c1-10-15(8-14(29-10)16-13(9-22-23-16)17(26)25(2)3)30(27,28)24-12-6-4-5-11(7-12)18(19,20)21/h4-9,24H,1-3H3,(H,22,23). The number of carbonyl (C=O) groups excluding carboxylic acids is 1. The Morgan fingerprint density at radius 3 is 2.57 bits per heavy atom. The van der Waals surface area contributed by atoms with E-state index in [-0.39, 0.29) is 39.3 Å². The van der Waals surface area contributed by atoms with E-state index in [4.69, 9.17) is 4.42 Å². The molecule has 0 saturated heterocycles. The fraction of sp³-hybridized carbons (Fsp3) is 0.222. The molecule has 2 aromatic heterocycles. The fourth-order valence-corrected chi connectivity index (χ4v) is 3.93. The van der Waals surface area contributed by atoms with Crippen molar-refractivity contribution in [1.29, 1.82) is 0 Å². The quantitative estimate of drug-likeness (QED) is 0.629. The molecule has 0 atom stereocenters. The number of aryl methyl sites for hydroxylation is 1. The van der Waals surface area contributed by atoms with Gasteiger partial charge in [0.25, 0.3) is 15.9 Å². The van der Waals surface area contributed by atoms with Crippen LogP contribution in [0.25, 0.3) is 11.5 Å². The van der Waals surface area contributed by atoms with Crippen LogP contribution in [0.3, 0.4) is 0 Å². The number of carbonyl (C=O) groups is 1. The van der Waals surface area contributed by atoms with Gasteiger partial charge in [-0.15, -0.1) is 0 Å². The first kappa shape index (κ1) is 21.4. The van der Waals surface area contributed by atoms with Gasteiger partial charge in [-0.2, -0.15) is 18.3 Å². The van der Waals surface area contributed by atoms with Gasteiger partial charge in [0.15, 0.2) is 5.76 Å². The van der Waals surface area contributed by atoms with Crippen molar-refractivity contribution in [2.75, 3.05) is 18.8 Å². The Labute approximate surface area is 169 Å². The smallest absolute Gasteiger partial charge is 0.416 e. The summed E-state index contributed by atoms with van der Waals surface area (Å²) in [5.41, 5.74) is -0.894. The van der Waals surface area contributed by atoms with E-state index in [0.29, 0.717) is 6.07 Å². The second-order valence-electron chi connectivity index (χ2n) is 6.57. The summed E-state index contributed by atoms with van der Waals surface area (Å²) >= 11 is 0. The molecule has 0 radical (unpaired) electrons. The molecule has 3 aromatic rings. The largest absolute Gasteiger partial charge is 0.458 e. The number of rotatable bonds is 5. The number of aromatic nitrogens is 2. The number of aromatic amines is 1. The normalized spacial score (nSPS) is 12.1. The Balaban J connectivity index is 1.96. The molecular formula is C18H17F3N4O4S. The first-order valence-corrected chi connectivity index (χ1v) is 9.94. The molecule has 0 aliphatic heterocycles.